The average molecular weight is 488 g/mol. The number of carbonyl (C=O) groups excluding carboxylic acids is 1. The fourth-order valence-electron chi connectivity index (χ4n) is 3.76. The second-order valence-electron chi connectivity index (χ2n) is 7.52. The number of nitrogens with zero attached hydrogens (tertiary/aromatic N) is 3. The molecule has 0 spiro atoms. The summed E-state index contributed by atoms with van der Waals surface area (Å²) in [7, 11) is 1.55. The number of anilines is 2. The van der Waals surface area contributed by atoms with Crippen LogP contribution in [0.2, 0.25) is 10.0 Å². The Balaban J connectivity index is 1.78. The molecule has 4 rings (SSSR count). The topological polar surface area (TPSA) is 101 Å². The van der Waals surface area contributed by atoms with Crippen molar-refractivity contribution < 1.29 is 14.6 Å². The van der Waals surface area contributed by atoms with Crippen LogP contribution >= 0.6 is 23.2 Å². The summed E-state index contributed by atoms with van der Waals surface area (Å²) in [4.78, 5) is 18.1. The van der Waals surface area contributed by atoms with Gasteiger partial charge in [-0.1, -0.05) is 41.4 Å². The maximum Gasteiger partial charge on any atom is 0.255 e. The minimum atomic E-state index is -0.596. The number of hydrogen-bond donors (Lipinski definition) is 3. The second-order valence-corrected chi connectivity index (χ2v) is 8.33. The van der Waals surface area contributed by atoms with Crippen LogP contribution in [0.3, 0.4) is 0 Å². The minimum absolute atomic E-state index is 0.0391. The van der Waals surface area contributed by atoms with E-state index in [0.29, 0.717) is 57.4 Å². The van der Waals surface area contributed by atoms with Gasteiger partial charge in [-0.15, -0.1) is 0 Å². The van der Waals surface area contributed by atoms with Gasteiger partial charge in [0.05, 0.1) is 28.4 Å². The fraction of sp³-hybridized carbons (Fsp3) is 0.261. The summed E-state index contributed by atoms with van der Waals surface area (Å²) < 4.78 is 7.03. The third-order valence-corrected chi connectivity index (χ3v) is 6.05. The number of methoxy groups -OCH3 is 1. The minimum Gasteiger partial charge on any atom is -0.495 e. The molecule has 0 aliphatic carbocycles. The molecular formula is C23H23Cl2N5O3. The van der Waals surface area contributed by atoms with Crippen LogP contribution in [0.25, 0.3) is 0 Å². The van der Waals surface area contributed by atoms with Crippen LogP contribution in [0.5, 0.6) is 5.75 Å². The van der Waals surface area contributed by atoms with Gasteiger partial charge in [0.25, 0.3) is 5.91 Å². The first-order chi connectivity index (χ1) is 15.9. The van der Waals surface area contributed by atoms with Crippen LogP contribution < -0.4 is 15.4 Å². The number of nitrogens with one attached hydrogen (secondary N) is 2. The Hall–Kier alpha value is -3.07. The highest BCUT2D eigenvalue weighted by atomic mass is 35.5. The Morgan fingerprint density at radius 2 is 2.03 bits per heavy atom. The van der Waals surface area contributed by atoms with Crippen molar-refractivity contribution in [2.75, 3.05) is 24.4 Å². The standard InChI is InChI=1S/C23H23Cl2N5O3/c1-13-20(22(32)27-17-6-3-4-7-18(17)33-2)21(14-9-10-15(24)16(25)12-14)30-23(26-13)28-19(29-30)8-5-11-31/h3-4,6-7,9-10,12,21,31H,5,8,11H2,1-2H3,(H,27,32)(H,26,28,29). The van der Waals surface area contributed by atoms with Crippen molar-refractivity contribution in [3.8, 4) is 5.75 Å². The number of aliphatic hydroxyl groups excluding tert-OH is 1. The second kappa shape index (κ2) is 9.82. The normalized spacial score (nSPS) is 15.1. The van der Waals surface area contributed by atoms with Crippen molar-refractivity contribution >= 4 is 40.7 Å². The van der Waals surface area contributed by atoms with Gasteiger partial charge in [-0.3, -0.25) is 4.79 Å². The van der Waals surface area contributed by atoms with Crippen LogP contribution in [0.4, 0.5) is 11.6 Å². The van der Waals surface area contributed by atoms with Gasteiger partial charge in [-0.25, -0.2) is 4.68 Å². The van der Waals surface area contributed by atoms with E-state index in [9.17, 15) is 9.90 Å². The number of aryl methyl sites for hydroxylation is 1. The first kappa shape index (κ1) is 23.1. The SMILES string of the molecule is COc1ccccc1NC(=O)C1=C(C)Nc2nc(CCCO)nn2C1c1ccc(Cl)c(Cl)c1. The van der Waals surface area contributed by atoms with Crippen LogP contribution in [-0.4, -0.2) is 39.5 Å². The molecule has 0 bridgehead atoms. The molecule has 1 aliphatic heterocycles. The van der Waals surface area contributed by atoms with E-state index < -0.39 is 6.04 Å². The number of aliphatic hydroxyl groups is 1. The lowest BCUT2D eigenvalue weighted by Gasteiger charge is -2.29. The number of halogens is 2. The lowest BCUT2D eigenvalue weighted by Crippen LogP contribution is -2.31. The number of rotatable bonds is 7. The third kappa shape index (κ3) is 4.68. The van der Waals surface area contributed by atoms with Gasteiger partial charge in [0.1, 0.15) is 11.8 Å². The molecule has 0 saturated heterocycles. The number of para-hydroxylation sites is 2. The number of ether oxygens (including phenoxy) is 1. The number of allylic oxidation sites excluding steroid dienone is 1. The van der Waals surface area contributed by atoms with Crippen molar-refractivity contribution in [2.24, 2.45) is 0 Å². The van der Waals surface area contributed by atoms with E-state index in [2.05, 4.69) is 20.7 Å². The molecule has 33 heavy (non-hydrogen) atoms. The van der Waals surface area contributed by atoms with E-state index in [-0.39, 0.29) is 12.5 Å². The molecule has 1 atom stereocenters. The molecule has 3 N–H and O–H groups in total. The lowest BCUT2D eigenvalue weighted by atomic mass is 9.95. The van der Waals surface area contributed by atoms with Crippen LogP contribution in [0.1, 0.15) is 30.8 Å². The van der Waals surface area contributed by atoms with E-state index in [0.717, 1.165) is 5.56 Å². The van der Waals surface area contributed by atoms with Crippen molar-refractivity contribution in [1.29, 1.82) is 0 Å². The Morgan fingerprint density at radius 1 is 1.24 bits per heavy atom. The van der Waals surface area contributed by atoms with Crippen molar-refractivity contribution in [2.45, 2.75) is 25.8 Å². The molecule has 0 saturated carbocycles. The molecule has 0 radical (unpaired) electrons. The fourth-order valence-corrected chi connectivity index (χ4v) is 4.07. The van der Waals surface area contributed by atoms with E-state index >= 15 is 0 Å². The molecule has 172 valence electrons. The summed E-state index contributed by atoms with van der Waals surface area (Å²) in [5, 5.41) is 20.7. The summed E-state index contributed by atoms with van der Waals surface area (Å²) in [6.45, 7) is 1.85. The van der Waals surface area contributed by atoms with Crippen molar-refractivity contribution in [3.05, 3.63) is 75.2 Å². The molecule has 2 aromatic carbocycles. The quantitative estimate of drug-likeness (QED) is 0.455. The van der Waals surface area contributed by atoms with Gasteiger partial charge in [0.15, 0.2) is 5.82 Å². The molecule has 1 aromatic heterocycles. The molecule has 1 amide bonds. The predicted molar refractivity (Wildman–Crippen MR) is 128 cm³/mol. The van der Waals surface area contributed by atoms with E-state index in [1.807, 2.05) is 25.1 Å². The zero-order valence-corrected chi connectivity index (χ0v) is 19.6. The largest absolute Gasteiger partial charge is 0.495 e. The zero-order valence-electron chi connectivity index (χ0n) is 18.1. The van der Waals surface area contributed by atoms with Gasteiger partial charge in [0.2, 0.25) is 5.95 Å². The highest BCUT2D eigenvalue weighted by Crippen LogP contribution is 2.38. The van der Waals surface area contributed by atoms with E-state index in [4.69, 9.17) is 27.9 Å². The summed E-state index contributed by atoms with van der Waals surface area (Å²) in [5.41, 5.74) is 2.36. The molecule has 3 aromatic rings. The highest BCUT2D eigenvalue weighted by molar-refractivity contribution is 6.42. The maximum atomic E-state index is 13.6. The van der Waals surface area contributed by atoms with Gasteiger partial charge >= 0.3 is 0 Å². The summed E-state index contributed by atoms with van der Waals surface area (Å²) in [6.07, 6.45) is 1.04. The smallest absolute Gasteiger partial charge is 0.255 e. The number of benzene rings is 2. The average Bonchev–Trinajstić information content (AvgIpc) is 3.21. The monoisotopic (exact) mass is 487 g/mol. The summed E-state index contributed by atoms with van der Waals surface area (Å²) >= 11 is 12.5. The molecular weight excluding hydrogens is 465 g/mol. The third-order valence-electron chi connectivity index (χ3n) is 5.31. The molecule has 1 aliphatic rings. The lowest BCUT2D eigenvalue weighted by molar-refractivity contribution is -0.113. The Morgan fingerprint density at radius 3 is 2.76 bits per heavy atom. The Labute approximate surface area is 201 Å². The van der Waals surface area contributed by atoms with Gasteiger partial charge in [-0.05, 0) is 43.2 Å². The van der Waals surface area contributed by atoms with E-state index in [1.54, 1.807) is 36.1 Å². The maximum absolute atomic E-state index is 13.6. The van der Waals surface area contributed by atoms with Gasteiger partial charge in [0, 0.05) is 18.7 Å². The first-order valence-corrected chi connectivity index (χ1v) is 11.1. The van der Waals surface area contributed by atoms with Crippen LogP contribution in [0, 0.1) is 0 Å². The molecule has 8 nitrogen and oxygen atoms in total. The molecule has 2 heterocycles. The van der Waals surface area contributed by atoms with Crippen molar-refractivity contribution in [3.63, 3.8) is 0 Å². The number of fused-ring (bicyclic) bond motifs is 1. The highest BCUT2D eigenvalue weighted by Gasteiger charge is 2.34. The predicted octanol–water partition coefficient (Wildman–Crippen LogP) is 4.45. The van der Waals surface area contributed by atoms with Gasteiger partial charge < -0.3 is 20.5 Å². The number of amides is 1. The number of carbonyl (C=O) groups is 1. The molecule has 10 heteroatoms. The summed E-state index contributed by atoms with van der Waals surface area (Å²) in [5.74, 6) is 1.30. The molecule has 1 unspecified atom stereocenters. The summed E-state index contributed by atoms with van der Waals surface area (Å²) in [6, 6.07) is 11.8. The number of aromatic nitrogens is 3. The van der Waals surface area contributed by atoms with Gasteiger partial charge in [-0.2, -0.15) is 10.1 Å². The first-order valence-electron chi connectivity index (χ1n) is 10.4. The van der Waals surface area contributed by atoms with E-state index in [1.165, 1.54) is 0 Å². The molecule has 0 fully saturated rings. The Bertz CT molecular complexity index is 1220. The van der Waals surface area contributed by atoms with Crippen LogP contribution in [-0.2, 0) is 11.2 Å². The van der Waals surface area contributed by atoms with Crippen molar-refractivity contribution in [1.82, 2.24) is 14.8 Å². The zero-order chi connectivity index (χ0) is 23.5. The van der Waals surface area contributed by atoms with Crippen LogP contribution in [0.15, 0.2) is 53.7 Å². The Kier molecular flexibility index (Phi) is 6.88. The number of hydrogen-bond acceptors (Lipinski definition) is 6.